The van der Waals surface area contributed by atoms with E-state index in [0.717, 1.165) is 49.6 Å². The van der Waals surface area contributed by atoms with Gasteiger partial charge >= 0.3 is 0 Å². The van der Waals surface area contributed by atoms with Crippen molar-refractivity contribution in [2.75, 3.05) is 33.3 Å². The van der Waals surface area contributed by atoms with Gasteiger partial charge in [0.1, 0.15) is 6.10 Å². The Morgan fingerprint density at radius 1 is 1.42 bits per heavy atom. The van der Waals surface area contributed by atoms with Gasteiger partial charge in [0.25, 0.3) is 0 Å². The van der Waals surface area contributed by atoms with E-state index in [9.17, 15) is 0 Å². The first-order chi connectivity index (χ1) is 11.7. The van der Waals surface area contributed by atoms with Crippen molar-refractivity contribution in [3.05, 3.63) is 18.0 Å². The molecule has 1 N–H and O–H groups in total. The number of guanidine groups is 1. The van der Waals surface area contributed by atoms with E-state index in [0.29, 0.717) is 0 Å². The Morgan fingerprint density at radius 3 is 2.96 bits per heavy atom. The molecule has 0 aromatic carbocycles. The summed E-state index contributed by atoms with van der Waals surface area (Å²) in [5.41, 5.74) is 1.14. The van der Waals surface area contributed by atoms with Crippen LogP contribution in [0.3, 0.4) is 0 Å². The van der Waals surface area contributed by atoms with E-state index in [2.05, 4.69) is 27.2 Å². The number of aromatic nitrogens is 2. The number of aryl methyl sites for hydroxylation is 1. The van der Waals surface area contributed by atoms with Crippen LogP contribution < -0.4 is 5.32 Å². The third kappa shape index (κ3) is 4.09. The van der Waals surface area contributed by atoms with Crippen molar-refractivity contribution in [2.45, 2.75) is 38.7 Å². The molecule has 0 radical (unpaired) electrons. The monoisotopic (exact) mass is 333 g/mol. The molecule has 3 rings (SSSR count). The molecule has 0 spiro atoms. The fourth-order valence-electron chi connectivity index (χ4n) is 3.90. The quantitative estimate of drug-likeness (QED) is 0.680. The average molecular weight is 333 g/mol. The van der Waals surface area contributed by atoms with Gasteiger partial charge in [-0.15, -0.1) is 0 Å². The fourth-order valence-corrected chi connectivity index (χ4v) is 3.90. The first-order valence-electron chi connectivity index (χ1n) is 9.23. The molecule has 24 heavy (non-hydrogen) atoms. The van der Waals surface area contributed by atoms with E-state index in [1.54, 1.807) is 0 Å². The maximum atomic E-state index is 5.94. The molecule has 1 saturated heterocycles. The van der Waals surface area contributed by atoms with E-state index in [1.165, 1.54) is 25.7 Å². The van der Waals surface area contributed by atoms with Crippen molar-refractivity contribution in [1.29, 1.82) is 0 Å². The number of ether oxygens (including phenoxy) is 1. The maximum absolute atomic E-state index is 5.94. The van der Waals surface area contributed by atoms with Gasteiger partial charge in [-0.25, -0.2) is 0 Å². The van der Waals surface area contributed by atoms with E-state index >= 15 is 0 Å². The number of morpholine rings is 1. The molecule has 2 aliphatic rings. The lowest BCUT2D eigenvalue weighted by atomic mass is 9.80. The summed E-state index contributed by atoms with van der Waals surface area (Å²) in [6, 6.07) is 0. The molecule has 1 saturated carbocycles. The predicted molar refractivity (Wildman–Crippen MR) is 96.0 cm³/mol. The minimum Gasteiger partial charge on any atom is -0.370 e. The molecule has 1 aliphatic heterocycles. The molecule has 3 atom stereocenters. The van der Waals surface area contributed by atoms with Crippen LogP contribution in [0.1, 0.15) is 44.3 Å². The zero-order chi connectivity index (χ0) is 16.9. The number of nitrogens with zero attached hydrogens (tertiary/aromatic N) is 4. The molecule has 1 aromatic rings. The molecular formula is C18H31N5O. The van der Waals surface area contributed by atoms with Crippen LogP contribution >= 0.6 is 0 Å². The van der Waals surface area contributed by atoms with Crippen LogP contribution in [0.5, 0.6) is 0 Å². The van der Waals surface area contributed by atoms with Crippen LogP contribution in [0.25, 0.3) is 0 Å². The van der Waals surface area contributed by atoms with Crippen LogP contribution in [0.15, 0.2) is 17.4 Å². The van der Waals surface area contributed by atoms with Crippen LogP contribution in [-0.2, 0) is 11.8 Å². The van der Waals surface area contributed by atoms with Crippen LogP contribution in [-0.4, -0.2) is 53.9 Å². The molecule has 0 amide bonds. The topological polar surface area (TPSA) is 54.7 Å². The van der Waals surface area contributed by atoms with Crippen LogP contribution in [0, 0.1) is 11.8 Å². The highest BCUT2D eigenvalue weighted by atomic mass is 16.5. The Bertz CT molecular complexity index is 555. The molecule has 3 unspecified atom stereocenters. The second-order valence-electron chi connectivity index (χ2n) is 7.20. The lowest BCUT2D eigenvalue weighted by molar-refractivity contribution is -0.00814. The lowest BCUT2D eigenvalue weighted by Crippen LogP contribution is -2.49. The molecule has 2 fully saturated rings. The third-order valence-electron chi connectivity index (χ3n) is 5.49. The van der Waals surface area contributed by atoms with Crippen molar-refractivity contribution in [1.82, 2.24) is 20.0 Å². The van der Waals surface area contributed by atoms with Gasteiger partial charge in [-0.05, 0) is 18.3 Å². The molecule has 2 heterocycles. The van der Waals surface area contributed by atoms with E-state index in [1.807, 2.05) is 31.2 Å². The Hall–Kier alpha value is -1.56. The first-order valence-corrected chi connectivity index (χ1v) is 9.23. The summed E-state index contributed by atoms with van der Waals surface area (Å²) in [5, 5.41) is 7.88. The molecule has 1 aromatic heterocycles. The highest BCUT2D eigenvalue weighted by Gasteiger charge is 2.26. The van der Waals surface area contributed by atoms with Crippen LogP contribution in [0.4, 0.5) is 0 Å². The summed E-state index contributed by atoms with van der Waals surface area (Å²) < 4.78 is 7.76. The Morgan fingerprint density at radius 2 is 2.25 bits per heavy atom. The Balaban J connectivity index is 1.56. The second-order valence-corrected chi connectivity index (χ2v) is 7.20. The van der Waals surface area contributed by atoms with Gasteiger partial charge in [0.15, 0.2) is 5.96 Å². The summed E-state index contributed by atoms with van der Waals surface area (Å²) in [6.45, 7) is 5.85. The molecule has 1 aliphatic carbocycles. The van der Waals surface area contributed by atoms with Crippen molar-refractivity contribution in [3.8, 4) is 0 Å². The van der Waals surface area contributed by atoms with Crippen molar-refractivity contribution < 1.29 is 4.74 Å². The smallest absolute Gasteiger partial charge is 0.193 e. The number of hydrogen-bond acceptors (Lipinski definition) is 3. The Kier molecular flexibility index (Phi) is 5.76. The summed E-state index contributed by atoms with van der Waals surface area (Å²) in [4.78, 5) is 6.82. The summed E-state index contributed by atoms with van der Waals surface area (Å²) in [5.74, 6) is 2.59. The number of hydrogen-bond donors (Lipinski definition) is 1. The minimum absolute atomic E-state index is 0.0691. The first kappa shape index (κ1) is 17.3. The summed E-state index contributed by atoms with van der Waals surface area (Å²) in [6.07, 6.45) is 9.47. The normalized spacial score (nSPS) is 28.9. The molecule has 6 nitrogen and oxygen atoms in total. The number of nitrogens with one attached hydrogen (secondary N) is 1. The van der Waals surface area contributed by atoms with Gasteiger partial charge in [-0.3, -0.25) is 9.67 Å². The molecule has 134 valence electrons. The zero-order valence-corrected chi connectivity index (χ0v) is 15.2. The highest BCUT2D eigenvalue weighted by molar-refractivity contribution is 5.80. The zero-order valence-electron chi connectivity index (χ0n) is 15.2. The van der Waals surface area contributed by atoms with Crippen molar-refractivity contribution in [2.24, 2.45) is 23.9 Å². The van der Waals surface area contributed by atoms with Gasteiger partial charge in [-0.2, -0.15) is 5.10 Å². The van der Waals surface area contributed by atoms with E-state index in [4.69, 9.17) is 4.74 Å². The predicted octanol–water partition coefficient (Wildman–Crippen LogP) is 2.20. The summed E-state index contributed by atoms with van der Waals surface area (Å²) >= 11 is 0. The largest absolute Gasteiger partial charge is 0.370 e. The van der Waals surface area contributed by atoms with Crippen LogP contribution in [0.2, 0.25) is 0 Å². The molecular weight excluding hydrogens is 302 g/mol. The van der Waals surface area contributed by atoms with Gasteiger partial charge in [0.05, 0.1) is 19.3 Å². The SMILES string of the molecule is CN=C(NCC1CCCCC1C)N1CCOC(c2cnn(C)c2)C1. The molecule has 6 heteroatoms. The standard InChI is InChI=1S/C18H31N5O/c1-14-6-4-5-7-15(14)10-20-18(19-2)23-8-9-24-17(13-23)16-11-21-22(3)12-16/h11-12,14-15,17H,4-10,13H2,1-3H3,(H,19,20). The van der Waals surface area contributed by atoms with Gasteiger partial charge in [0.2, 0.25) is 0 Å². The van der Waals surface area contributed by atoms with Gasteiger partial charge < -0.3 is 15.0 Å². The Labute approximate surface area is 145 Å². The van der Waals surface area contributed by atoms with Crippen molar-refractivity contribution in [3.63, 3.8) is 0 Å². The van der Waals surface area contributed by atoms with Crippen molar-refractivity contribution >= 4 is 5.96 Å². The number of rotatable bonds is 3. The second kappa shape index (κ2) is 8.01. The fraction of sp³-hybridized carbons (Fsp3) is 0.778. The maximum Gasteiger partial charge on any atom is 0.193 e. The highest BCUT2D eigenvalue weighted by Crippen LogP contribution is 2.29. The lowest BCUT2D eigenvalue weighted by Gasteiger charge is -2.36. The van der Waals surface area contributed by atoms with E-state index < -0.39 is 0 Å². The molecule has 0 bridgehead atoms. The minimum atomic E-state index is 0.0691. The average Bonchev–Trinajstić information content (AvgIpc) is 3.04. The number of aliphatic imine (C=N–C) groups is 1. The van der Waals surface area contributed by atoms with E-state index in [-0.39, 0.29) is 6.10 Å². The van der Waals surface area contributed by atoms with Gasteiger partial charge in [0, 0.05) is 38.9 Å². The third-order valence-corrected chi connectivity index (χ3v) is 5.49. The van der Waals surface area contributed by atoms with Gasteiger partial charge in [-0.1, -0.05) is 26.2 Å². The summed E-state index contributed by atoms with van der Waals surface area (Å²) in [7, 11) is 3.82.